The number of anilines is 1. The van der Waals surface area contributed by atoms with E-state index in [4.69, 9.17) is 4.74 Å². The van der Waals surface area contributed by atoms with Crippen molar-refractivity contribution in [2.24, 2.45) is 0 Å². The van der Waals surface area contributed by atoms with Crippen molar-refractivity contribution in [1.29, 1.82) is 0 Å². The van der Waals surface area contributed by atoms with Crippen molar-refractivity contribution in [2.45, 2.75) is 19.4 Å². The van der Waals surface area contributed by atoms with Crippen LogP contribution < -0.4 is 15.4 Å². The van der Waals surface area contributed by atoms with Crippen LogP contribution in [0, 0.1) is 0 Å². The van der Waals surface area contributed by atoms with E-state index < -0.39 is 0 Å². The zero-order valence-electron chi connectivity index (χ0n) is 14.8. The van der Waals surface area contributed by atoms with Gasteiger partial charge < -0.3 is 20.3 Å². The van der Waals surface area contributed by atoms with E-state index in [1.807, 2.05) is 29.2 Å². The number of nitrogens with one attached hydrogen (secondary N) is 2. The van der Waals surface area contributed by atoms with E-state index in [0.29, 0.717) is 17.8 Å². The first-order chi connectivity index (χ1) is 12.7. The van der Waals surface area contributed by atoms with Crippen molar-refractivity contribution in [3.05, 3.63) is 59.7 Å². The van der Waals surface area contributed by atoms with Crippen molar-refractivity contribution in [2.75, 3.05) is 25.5 Å². The van der Waals surface area contributed by atoms with E-state index in [0.717, 1.165) is 37.2 Å². The Morgan fingerprint density at radius 1 is 1.08 bits per heavy atom. The van der Waals surface area contributed by atoms with Gasteiger partial charge in [0.15, 0.2) is 0 Å². The molecule has 2 N–H and O–H groups in total. The number of hydrogen-bond donors (Lipinski definition) is 2. The lowest BCUT2D eigenvalue weighted by Gasteiger charge is -2.16. The number of rotatable bonds is 5. The van der Waals surface area contributed by atoms with Gasteiger partial charge in [0.2, 0.25) is 0 Å². The lowest BCUT2D eigenvalue weighted by atomic mass is 10.2. The van der Waals surface area contributed by atoms with Crippen molar-refractivity contribution in [3.63, 3.8) is 0 Å². The summed E-state index contributed by atoms with van der Waals surface area (Å²) in [7, 11) is 1.61. The normalized spacial score (nSPS) is 13.3. The Morgan fingerprint density at radius 2 is 1.85 bits per heavy atom. The molecule has 0 saturated carbocycles. The van der Waals surface area contributed by atoms with E-state index >= 15 is 0 Å². The maximum Gasteiger partial charge on any atom is 0.319 e. The monoisotopic (exact) mass is 353 g/mol. The van der Waals surface area contributed by atoms with Crippen LogP contribution in [0.4, 0.5) is 10.5 Å². The summed E-state index contributed by atoms with van der Waals surface area (Å²) in [5.41, 5.74) is 2.13. The molecule has 0 unspecified atom stereocenters. The van der Waals surface area contributed by atoms with Gasteiger partial charge in [0.1, 0.15) is 5.75 Å². The lowest BCUT2D eigenvalue weighted by Crippen LogP contribution is -2.29. The second kappa shape index (κ2) is 8.38. The van der Waals surface area contributed by atoms with E-state index in [9.17, 15) is 9.59 Å². The standard InChI is InChI=1S/C20H23N3O3/c1-26-18-9-4-6-15(12-18)14-21-20(25)22-17-8-5-7-16(13-17)19(24)23-10-2-3-11-23/h4-9,12-13H,2-3,10-11,14H2,1H3,(H2,21,22,25). The van der Waals surface area contributed by atoms with Gasteiger partial charge in [0, 0.05) is 30.9 Å². The van der Waals surface area contributed by atoms with Gasteiger partial charge in [0.25, 0.3) is 5.91 Å². The molecule has 0 spiro atoms. The molecule has 1 saturated heterocycles. The summed E-state index contributed by atoms with van der Waals surface area (Å²) < 4.78 is 5.17. The molecule has 2 aromatic rings. The average molecular weight is 353 g/mol. The van der Waals surface area contributed by atoms with Crippen LogP contribution in [0.25, 0.3) is 0 Å². The summed E-state index contributed by atoms with van der Waals surface area (Å²) >= 11 is 0. The van der Waals surface area contributed by atoms with Gasteiger partial charge in [0.05, 0.1) is 7.11 Å². The van der Waals surface area contributed by atoms with Gasteiger partial charge in [-0.1, -0.05) is 18.2 Å². The highest BCUT2D eigenvalue weighted by molar-refractivity contribution is 5.97. The number of carbonyl (C=O) groups is 2. The fourth-order valence-corrected chi connectivity index (χ4v) is 2.97. The number of carbonyl (C=O) groups excluding carboxylic acids is 2. The number of benzene rings is 2. The second-order valence-electron chi connectivity index (χ2n) is 6.24. The van der Waals surface area contributed by atoms with Gasteiger partial charge >= 0.3 is 6.03 Å². The molecule has 1 fully saturated rings. The molecule has 1 aliphatic rings. The minimum absolute atomic E-state index is 0.0166. The van der Waals surface area contributed by atoms with Gasteiger partial charge in [-0.05, 0) is 48.7 Å². The molecule has 1 heterocycles. The van der Waals surface area contributed by atoms with Crippen molar-refractivity contribution in [3.8, 4) is 5.75 Å². The highest BCUT2D eigenvalue weighted by Gasteiger charge is 2.19. The predicted molar refractivity (Wildman–Crippen MR) is 100 cm³/mol. The summed E-state index contributed by atoms with van der Waals surface area (Å²) in [4.78, 5) is 26.4. The van der Waals surface area contributed by atoms with Crippen LogP contribution in [-0.4, -0.2) is 37.0 Å². The molecule has 136 valence electrons. The largest absolute Gasteiger partial charge is 0.497 e. The lowest BCUT2D eigenvalue weighted by molar-refractivity contribution is 0.0793. The third-order valence-electron chi connectivity index (χ3n) is 4.35. The summed E-state index contributed by atoms with van der Waals surface area (Å²) in [6.45, 7) is 1.99. The summed E-state index contributed by atoms with van der Waals surface area (Å²) in [5, 5.41) is 5.58. The van der Waals surface area contributed by atoms with Crippen molar-refractivity contribution < 1.29 is 14.3 Å². The number of ether oxygens (including phenoxy) is 1. The van der Waals surface area contributed by atoms with Crippen LogP contribution in [0.2, 0.25) is 0 Å². The first-order valence-corrected chi connectivity index (χ1v) is 8.73. The fourth-order valence-electron chi connectivity index (χ4n) is 2.97. The third-order valence-corrected chi connectivity index (χ3v) is 4.35. The molecule has 3 amide bonds. The maximum atomic E-state index is 12.4. The smallest absolute Gasteiger partial charge is 0.319 e. The fraction of sp³-hybridized carbons (Fsp3) is 0.300. The molecule has 0 radical (unpaired) electrons. The van der Waals surface area contributed by atoms with Gasteiger partial charge in [-0.25, -0.2) is 4.79 Å². The Balaban J connectivity index is 1.57. The first-order valence-electron chi connectivity index (χ1n) is 8.73. The zero-order valence-corrected chi connectivity index (χ0v) is 14.8. The minimum atomic E-state index is -0.321. The van der Waals surface area contributed by atoms with E-state index in [1.54, 1.807) is 31.4 Å². The Labute approximate surface area is 153 Å². The van der Waals surface area contributed by atoms with Crippen LogP contribution >= 0.6 is 0 Å². The van der Waals surface area contributed by atoms with E-state index in [1.165, 1.54) is 0 Å². The molecule has 2 aromatic carbocycles. The third kappa shape index (κ3) is 4.53. The van der Waals surface area contributed by atoms with Gasteiger partial charge in [-0.15, -0.1) is 0 Å². The molecule has 6 heteroatoms. The quantitative estimate of drug-likeness (QED) is 0.867. The SMILES string of the molecule is COc1cccc(CNC(=O)Nc2cccc(C(=O)N3CCCC3)c2)c1. The van der Waals surface area contributed by atoms with E-state index in [-0.39, 0.29) is 11.9 Å². The molecule has 1 aliphatic heterocycles. The molecule has 0 atom stereocenters. The minimum Gasteiger partial charge on any atom is -0.497 e. The number of urea groups is 1. The Kier molecular flexibility index (Phi) is 5.73. The topological polar surface area (TPSA) is 70.7 Å². The molecule has 0 aliphatic carbocycles. The number of nitrogens with zero attached hydrogens (tertiary/aromatic N) is 1. The molecule has 6 nitrogen and oxygen atoms in total. The molecule has 3 rings (SSSR count). The molecule has 0 aromatic heterocycles. The number of amides is 3. The Hall–Kier alpha value is -3.02. The van der Waals surface area contributed by atoms with Crippen LogP contribution in [0.5, 0.6) is 5.75 Å². The summed E-state index contributed by atoms with van der Waals surface area (Å²) in [5.74, 6) is 0.765. The average Bonchev–Trinajstić information content (AvgIpc) is 3.21. The summed E-state index contributed by atoms with van der Waals surface area (Å²) in [6.07, 6.45) is 2.10. The van der Waals surface area contributed by atoms with Crippen LogP contribution in [0.3, 0.4) is 0 Å². The molecular formula is C20H23N3O3. The van der Waals surface area contributed by atoms with Crippen LogP contribution in [-0.2, 0) is 6.54 Å². The predicted octanol–water partition coefficient (Wildman–Crippen LogP) is 3.25. The van der Waals surface area contributed by atoms with Crippen LogP contribution in [0.15, 0.2) is 48.5 Å². The first kappa shape index (κ1) is 17.8. The highest BCUT2D eigenvalue weighted by atomic mass is 16.5. The van der Waals surface area contributed by atoms with Gasteiger partial charge in [-0.2, -0.15) is 0 Å². The maximum absolute atomic E-state index is 12.4. The number of likely N-dealkylation sites (tertiary alicyclic amines) is 1. The summed E-state index contributed by atoms with van der Waals surface area (Å²) in [6, 6.07) is 14.2. The van der Waals surface area contributed by atoms with Crippen LogP contribution in [0.1, 0.15) is 28.8 Å². The number of methoxy groups -OCH3 is 1. The van der Waals surface area contributed by atoms with Crippen molar-refractivity contribution in [1.82, 2.24) is 10.2 Å². The van der Waals surface area contributed by atoms with E-state index in [2.05, 4.69) is 10.6 Å². The molecule has 26 heavy (non-hydrogen) atoms. The highest BCUT2D eigenvalue weighted by Crippen LogP contribution is 2.16. The second-order valence-corrected chi connectivity index (χ2v) is 6.24. The Bertz CT molecular complexity index is 785. The molecule has 0 bridgehead atoms. The van der Waals surface area contributed by atoms with Gasteiger partial charge in [-0.3, -0.25) is 4.79 Å². The molecular weight excluding hydrogens is 330 g/mol. The zero-order chi connectivity index (χ0) is 18.4. The number of hydrogen-bond acceptors (Lipinski definition) is 3. The van der Waals surface area contributed by atoms with Crippen molar-refractivity contribution >= 4 is 17.6 Å². The Morgan fingerprint density at radius 3 is 2.62 bits per heavy atom.